The summed E-state index contributed by atoms with van der Waals surface area (Å²) in [5.41, 5.74) is 0. The number of nitrogens with zero attached hydrogens (tertiary/aromatic N) is 1. The van der Waals surface area contributed by atoms with Crippen LogP contribution in [0, 0.1) is 0 Å². The fourth-order valence-corrected chi connectivity index (χ4v) is 1.08. The first-order valence-corrected chi connectivity index (χ1v) is 4.07. The van der Waals surface area contributed by atoms with Crippen LogP contribution in [0.15, 0.2) is 0 Å². The Balaban J connectivity index is 2.38. The Kier molecular flexibility index (Phi) is 2.21. The highest BCUT2D eigenvalue weighted by Crippen LogP contribution is 1.97. The van der Waals surface area contributed by atoms with E-state index in [1.54, 1.807) is 0 Å². The van der Waals surface area contributed by atoms with E-state index in [0.29, 0.717) is 19.8 Å². The van der Waals surface area contributed by atoms with Crippen molar-refractivity contribution >= 4 is 10.4 Å². The van der Waals surface area contributed by atoms with Crippen LogP contribution in [0.1, 0.15) is 0 Å². The van der Waals surface area contributed by atoms with Gasteiger partial charge < -0.3 is 5.32 Å². The Bertz CT molecular complexity index is 195. The summed E-state index contributed by atoms with van der Waals surface area (Å²) in [7, 11) is -4.32. The molecule has 0 radical (unpaired) electrons. The van der Waals surface area contributed by atoms with E-state index in [-0.39, 0.29) is 0 Å². The lowest BCUT2D eigenvalue weighted by molar-refractivity contribution is -0.0391. The van der Waals surface area contributed by atoms with Crippen molar-refractivity contribution in [3.8, 4) is 0 Å². The summed E-state index contributed by atoms with van der Waals surface area (Å²) in [4.78, 5) is 0. The predicted molar refractivity (Wildman–Crippen MR) is 32.2 cm³/mol. The standard InChI is InChI=1S/C3H8N2O4S/c6-10(7,8)9-5-2-1-4-3-5/h4H,1-3H2,(H,6,7,8). The maximum atomic E-state index is 10.1. The Morgan fingerprint density at radius 2 is 2.30 bits per heavy atom. The number of hydroxylamine groups is 2. The van der Waals surface area contributed by atoms with Gasteiger partial charge in [0.25, 0.3) is 0 Å². The zero-order valence-corrected chi connectivity index (χ0v) is 5.97. The van der Waals surface area contributed by atoms with Crippen LogP contribution in [0.4, 0.5) is 0 Å². The highest BCUT2D eigenvalue weighted by atomic mass is 32.3. The topological polar surface area (TPSA) is 78.9 Å². The van der Waals surface area contributed by atoms with Crippen molar-refractivity contribution in [1.82, 2.24) is 10.4 Å². The monoisotopic (exact) mass is 168 g/mol. The fourth-order valence-electron chi connectivity index (χ4n) is 0.683. The maximum absolute atomic E-state index is 10.1. The van der Waals surface area contributed by atoms with Crippen LogP contribution in [0.2, 0.25) is 0 Å². The van der Waals surface area contributed by atoms with Crippen molar-refractivity contribution < 1.29 is 17.3 Å². The molecule has 1 rings (SSSR count). The van der Waals surface area contributed by atoms with Crippen molar-refractivity contribution in [2.45, 2.75) is 0 Å². The molecule has 0 atom stereocenters. The molecule has 0 unspecified atom stereocenters. The third-order valence-electron chi connectivity index (χ3n) is 1.03. The third kappa shape index (κ3) is 2.58. The molecule has 1 aliphatic rings. The predicted octanol–water partition coefficient (Wildman–Crippen LogP) is -1.42. The molecule has 0 aromatic heterocycles. The molecule has 0 saturated carbocycles. The Labute approximate surface area is 58.7 Å². The normalized spacial score (nSPS) is 21.7. The van der Waals surface area contributed by atoms with Gasteiger partial charge in [0.2, 0.25) is 0 Å². The minimum Gasteiger partial charge on any atom is -0.301 e. The van der Waals surface area contributed by atoms with E-state index in [2.05, 4.69) is 9.60 Å². The van der Waals surface area contributed by atoms with Gasteiger partial charge in [0.15, 0.2) is 0 Å². The first-order valence-electron chi connectivity index (χ1n) is 2.70. The zero-order chi connectivity index (χ0) is 7.61. The van der Waals surface area contributed by atoms with E-state index >= 15 is 0 Å². The van der Waals surface area contributed by atoms with E-state index in [4.69, 9.17) is 4.55 Å². The Morgan fingerprint density at radius 1 is 1.60 bits per heavy atom. The van der Waals surface area contributed by atoms with Crippen LogP contribution in [-0.2, 0) is 14.7 Å². The van der Waals surface area contributed by atoms with Gasteiger partial charge in [-0.2, -0.15) is 17.8 Å². The van der Waals surface area contributed by atoms with Crippen LogP contribution < -0.4 is 5.32 Å². The van der Waals surface area contributed by atoms with Gasteiger partial charge in [-0.1, -0.05) is 0 Å². The number of rotatable bonds is 2. The summed E-state index contributed by atoms with van der Waals surface area (Å²) in [6.45, 7) is 1.44. The van der Waals surface area contributed by atoms with Gasteiger partial charge >= 0.3 is 10.4 Å². The Morgan fingerprint density at radius 3 is 2.70 bits per heavy atom. The second-order valence-electron chi connectivity index (χ2n) is 1.87. The molecule has 2 N–H and O–H groups in total. The number of hydrogen-bond donors (Lipinski definition) is 2. The summed E-state index contributed by atoms with van der Waals surface area (Å²) in [5.74, 6) is 0. The lowest BCUT2D eigenvalue weighted by Crippen LogP contribution is -2.25. The minimum absolute atomic E-state index is 0.319. The summed E-state index contributed by atoms with van der Waals surface area (Å²) in [6.07, 6.45) is 0. The Hall–Kier alpha value is -0.210. The molecule has 0 aliphatic carbocycles. The fraction of sp³-hybridized carbons (Fsp3) is 1.00. The molecular weight excluding hydrogens is 160 g/mol. The van der Waals surface area contributed by atoms with E-state index < -0.39 is 10.4 Å². The average Bonchev–Trinajstić information content (AvgIpc) is 2.12. The van der Waals surface area contributed by atoms with E-state index in [0.717, 1.165) is 5.06 Å². The molecule has 0 aromatic rings. The van der Waals surface area contributed by atoms with Crippen LogP contribution in [0.5, 0.6) is 0 Å². The second-order valence-corrected chi connectivity index (χ2v) is 2.87. The molecule has 0 amide bonds. The largest absolute Gasteiger partial charge is 0.413 e. The molecule has 7 heteroatoms. The van der Waals surface area contributed by atoms with Gasteiger partial charge in [-0.15, -0.1) is 0 Å². The highest BCUT2D eigenvalue weighted by molar-refractivity contribution is 7.80. The SMILES string of the molecule is O=S(=O)(O)ON1CCNC1. The van der Waals surface area contributed by atoms with Gasteiger partial charge in [0.1, 0.15) is 0 Å². The van der Waals surface area contributed by atoms with Crippen LogP contribution in [0.25, 0.3) is 0 Å². The molecule has 60 valence electrons. The number of nitrogens with one attached hydrogen (secondary N) is 1. The summed E-state index contributed by atoms with van der Waals surface area (Å²) >= 11 is 0. The quantitative estimate of drug-likeness (QED) is 0.493. The lowest BCUT2D eigenvalue weighted by atomic mass is 10.7. The van der Waals surface area contributed by atoms with Crippen molar-refractivity contribution in [3.63, 3.8) is 0 Å². The van der Waals surface area contributed by atoms with Crippen molar-refractivity contribution in [1.29, 1.82) is 0 Å². The molecule has 0 aromatic carbocycles. The molecular formula is C3H8N2O4S. The highest BCUT2D eigenvalue weighted by Gasteiger charge is 2.17. The van der Waals surface area contributed by atoms with E-state index in [9.17, 15) is 8.42 Å². The third-order valence-corrected chi connectivity index (χ3v) is 1.42. The molecule has 1 fully saturated rings. The van der Waals surface area contributed by atoms with Crippen molar-refractivity contribution in [2.75, 3.05) is 19.8 Å². The lowest BCUT2D eigenvalue weighted by Gasteiger charge is -2.08. The molecule has 1 saturated heterocycles. The average molecular weight is 168 g/mol. The summed E-state index contributed by atoms with van der Waals surface area (Å²) < 4.78 is 32.4. The van der Waals surface area contributed by atoms with E-state index in [1.807, 2.05) is 0 Å². The van der Waals surface area contributed by atoms with Gasteiger partial charge in [0.05, 0.1) is 6.67 Å². The van der Waals surface area contributed by atoms with E-state index in [1.165, 1.54) is 0 Å². The van der Waals surface area contributed by atoms with Gasteiger partial charge in [0, 0.05) is 13.1 Å². The zero-order valence-electron chi connectivity index (χ0n) is 5.15. The van der Waals surface area contributed by atoms with Crippen LogP contribution in [0.3, 0.4) is 0 Å². The summed E-state index contributed by atoms with van der Waals surface area (Å²) in [6, 6.07) is 0. The first kappa shape index (κ1) is 7.89. The van der Waals surface area contributed by atoms with Gasteiger partial charge in [-0.25, -0.2) is 0 Å². The smallest absolute Gasteiger partial charge is 0.301 e. The summed E-state index contributed by atoms with van der Waals surface area (Å²) in [5, 5.41) is 3.94. The van der Waals surface area contributed by atoms with Crippen molar-refractivity contribution in [3.05, 3.63) is 0 Å². The molecule has 1 aliphatic heterocycles. The molecule has 0 bridgehead atoms. The van der Waals surface area contributed by atoms with Gasteiger partial charge in [-0.05, 0) is 0 Å². The van der Waals surface area contributed by atoms with Gasteiger partial charge in [-0.3, -0.25) is 4.55 Å². The maximum Gasteiger partial charge on any atom is 0.413 e. The minimum atomic E-state index is -4.32. The molecule has 10 heavy (non-hydrogen) atoms. The molecule has 1 heterocycles. The second kappa shape index (κ2) is 2.81. The molecule has 0 spiro atoms. The van der Waals surface area contributed by atoms with Crippen LogP contribution >= 0.6 is 0 Å². The van der Waals surface area contributed by atoms with Crippen molar-refractivity contribution in [2.24, 2.45) is 0 Å². The number of hydrogen-bond acceptors (Lipinski definition) is 5. The van der Waals surface area contributed by atoms with Crippen LogP contribution in [-0.4, -0.2) is 37.8 Å². The molecule has 6 nitrogen and oxygen atoms in total. The first-order chi connectivity index (χ1) is 4.58.